The zero-order valence-electron chi connectivity index (χ0n) is 10.3. The van der Waals surface area contributed by atoms with Gasteiger partial charge in [-0.15, -0.1) is 0 Å². The molecule has 0 bridgehead atoms. The van der Waals surface area contributed by atoms with Crippen molar-refractivity contribution in [2.75, 3.05) is 6.54 Å². The van der Waals surface area contributed by atoms with Crippen molar-refractivity contribution in [3.63, 3.8) is 0 Å². The molecule has 0 spiro atoms. The molecule has 100 valence electrons. The molecular weight excluding hydrogens is 246 g/mol. The van der Waals surface area contributed by atoms with Crippen molar-refractivity contribution in [1.82, 2.24) is 10.3 Å². The molecule has 0 radical (unpaired) electrons. The van der Waals surface area contributed by atoms with E-state index in [4.69, 9.17) is 0 Å². The average Bonchev–Trinajstić information content (AvgIpc) is 2.79. The summed E-state index contributed by atoms with van der Waals surface area (Å²) in [5.74, 6) is -1.71. The van der Waals surface area contributed by atoms with Gasteiger partial charge >= 0.3 is 0 Å². The summed E-state index contributed by atoms with van der Waals surface area (Å²) in [5.41, 5.74) is 5.74. The Kier molecular flexibility index (Phi) is 3.82. The van der Waals surface area contributed by atoms with Gasteiger partial charge in [0, 0.05) is 23.5 Å². The fourth-order valence-electron chi connectivity index (χ4n) is 1.96. The first kappa shape index (κ1) is 13.1. The van der Waals surface area contributed by atoms with Crippen LogP contribution in [0.1, 0.15) is 5.56 Å². The van der Waals surface area contributed by atoms with Gasteiger partial charge in [-0.05, 0) is 11.6 Å². The van der Waals surface area contributed by atoms with E-state index in [-0.39, 0.29) is 0 Å². The number of aromatic nitrogens is 1. The summed E-state index contributed by atoms with van der Waals surface area (Å²) in [6, 6.07) is 7.23. The molecule has 1 aromatic carbocycles. The number of quaternary nitrogens is 1. The van der Waals surface area contributed by atoms with Crippen molar-refractivity contribution in [2.45, 2.75) is 12.5 Å². The van der Waals surface area contributed by atoms with Crippen LogP contribution in [0.5, 0.6) is 0 Å². The number of H-pyrrole nitrogens is 1. The van der Waals surface area contributed by atoms with Crippen LogP contribution in [0.15, 0.2) is 30.5 Å². The molecule has 0 aliphatic rings. The number of carbonyl (C=O) groups is 2. The van der Waals surface area contributed by atoms with E-state index in [0.717, 1.165) is 16.5 Å². The molecule has 1 aromatic heterocycles. The van der Waals surface area contributed by atoms with Crippen molar-refractivity contribution in [3.05, 3.63) is 36.0 Å². The van der Waals surface area contributed by atoms with Gasteiger partial charge in [-0.3, -0.25) is 4.79 Å². The maximum Gasteiger partial charge on any atom is 0.278 e. The van der Waals surface area contributed by atoms with Gasteiger partial charge in [-0.1, -0.05) is 18.2 Å². The number of hydrogen-bond donors (Lipinski definition) is 3. The summed E-state index contributed by atoms with van der Waals surface area (Å²) in [7, 11) is 0. The fourth-order valence-corrected chi connectivity index (χ4v) is 1.96. The number of carboxylic acids is 1. The quantitative estimate of drug-likeness (QED) is 0.589. The highest BCUT2D eigenvalue weighted by molar-refractivity contribution is 5.86. The first-order chi connectivity index (χ1) is 9.08. The molecule has 5 N–H and O–H groups in total. The number of benzene rings is 1. The Morgan fingerprint density at radius 1 is 1.37 bits per heavy atom. The van der Waals surface area contributed by atoms with Crippen LogP contribution in [0, 0.1) is 0 Å². The Hall–Kier alpha value is -2.34. The molecule has 0 unspecified atom stereocenters. The topological polar surface area (TPSA) is 113 Å². The first-order valence-electron chi connectivity index (χ1n) is 5.93. The number of para-hydroxylation sites is 1. The third-order valence-electron chi connectivity index (χ3n) is 2.92. The number of nitrogens with one attached hydrogen (secondary N) is 2. The van der Waals surface area contributed by atoms with Gasteiger partial charge in [0.25, 0.3) is 5.91 Å². The van der Waals surface area contributed by atoms with Crippen molar-refractivity contribution in [1.29, 1.82) is 0 Å². The second-order valence-corrected chi connectivity index (χ2v) is 4.35. The molecular formula is C13H15N3O3. The Morgan fingerprint density at radius 3 is 2.84 bits per heavy atom. The summed E-state index contributed by atoms with van der Waals surface area (Å²) in [6.07, 6.45) is 2.29. The predicted octanol–water partition coefficient (Wildman–Crippen LogP) is -1.81. The summed E-state index contributed by atoms with van der Waals surface area (Å²) in [6.45, 7) is -0.487. The minimum absolute atomic E-state index is 0.394. The Balaban J connectivity index is 2.04. The van der Waals surface area contributed by atoms with E-state index in [9.17, 15) is 14.7 Å². The lowest BCUT2D eigenvalue weighted by molar-refractivity contribution is -0.403. The lowest BCUT2D eigenvalue weighted by atomic mass is 10.1. The van der Waals surface area contributed by atoms with E-state index in [1.165, 1.54) is 0 Å². The van der Waals surface area contributed by atoms with E-state index in [0.29, 0.717) is 6.42 Å². The summed E-state index contributed by atoms with van der Waals surface area (Å²) in [5, 5.41) is 13.6. The zero-order chi connectivity index (χ0) is 13.8. The van der Waals surface area contributed by atoms with Crippen molar-refractivity contribution >= 4 is 22.8 Å². The van der Waals surface area contributed by atoms with Crippen molar-refractivity contribution in [3.8, 4) is 0 Å². The molecule has 1 amide bonds. The van der Waals surface area contributed by atoms with E-state index >= 15 is 0 Å². The van der Waals surface area contributed by atoms with Crippen LogP contribution in [-0.4, -0.2) is 29.4 Å². The van der Waals surface area contributed by atoms with Gasteiger partial charge in [0.05, 0.1) is 12.5 Å². The van der Waals surface area contributed by atoms with Crippen LogP contribution in [0.3, 0.4) is 0 Å². The third kappa shape index (κ3) is 3.11. The van der Waals surface area contributed by atoms with Crippen LogP contribution in [0.25, 0.3) is 10.9 Å². The minimum atomic E-state index is -1.31. The summed E-state index contributed by atoms with van der Waals surface area (Å²) >= 11 is 0. The molecule has 0 fully saturated rings. The van der Waals surface area contributed by atoms with E-state index < -0.39 is 24.5 Å². The fraction of sp³-hybridized carbons (Fsp3) is 0.231. The Morgan fingerprint density at radius 2 is 2.11 bits per heavy atom. The summed E-state index contributed by atoms with van der Waals surface area (Å²) < 4.78 is 0. The number of hydrogen-bond acceptors (Lipinski definition) is 3. The highest BCUT2D eigenvalue weighted by atomic mass is 16.4. The molecule has 0 saturated heterocycles. The predicted molar refractivity (Wildman–Crippen MR) is 66.7 cm³/mol. The monoisotopic (exact) mass is 261 g/mol. The highest BCUT2D eigenvalue weighted by Gasteiger charge is 2.19. The molecule has 6 heteroatoms. The lowest BCUT2D eigenvalue weighted by Crippen LogP contribution is -2.68. The van der Waals surface area contributed by atoms with Gasteiger partial charge in [-0.2, -0.15) is 0 Å². The maximum atomic E-state index is 11.6. The van der Waals surface area contributed by atoms with Crippen LogP contribution in [0.2, 0.25) is 0 Å². The number of fused-ring (bicyclic) bond motifs is 1. The number of aliphatic carboxylic acids is 1. The van der Waals surface area contributed by atoms with Gasteiger partial charge in [0.2, 0.25) is 0 Å². The normalized spacial score (nSPS) is 12.3. The molecule has 19 heavy (non-hydrogen) atoms. The molecule has 1 atom stereocenters. The van der Waals surface area contributed by atoms with E-state index in [1.54, 1.807) is 0 Å². The van der Waals surface area contributed by atoms with Gasteiger partial charge < -0.3 is 25.9 Å². The lowest BCUT2D eigenvalue weighted by Gasteiger charge is -2.09. The largest absolute Gasteiger partial charge is 0.548 e. The summed E-state index contributed by atoms with van der Waals surface area (Å²) in [4.78, 5) is 25.0. The van der Waals surface area contributed by atoms with Crippen LogP contribution >= 0.6 is 0 Å². The first-order valence-corrected chi connectivity index (χ1v) is 5.93. The molecule has 2 rings (SSSR count). The smallest absolute Gasteiger partial charge is 0.278 e. The van der Waals surface area contributed by atoms with Crippen LogP contribution in [-0.2, 0) is 16.0 Å². The van der Waals surface area contributed by atoms with Crippen molar-refractivity contribution in [2.24, 2.45) is 0 Å². The minimum Gasteiger partial charge on any atom is -0.548 e. The number of carbonyl (C=O) groups excluding carboxylic acids is 2. The molecule has 1 heterocycles. The number of aromatic amines is 1. The van der Waals surface area contributed by atoms with Crippen LogP contribution in [0.4, 0.5) is 0 Å². The Bertz CT molecular complexity index is 606. The second kappa shape index (κ2) is 5.53. The van der Waals surface area contributed by atoms with Gasteiger partial charge in [0.1, 0.15) is 0 Å². The number of amides is 1. The molecule has 6 nitrogen and oxygen atoms in total. The highest BCUT2D eigenvalue weighted by Crippen LogP contribution is 2.18. The molecule has 0 saturated carbocycles. The van der Waals surface area contributed by atoms with Gasteiger partial charge in [0.15, 0.2) is 6.04 Å². The number of carboxylic acid groups (broad SMARTS) is 1. The van der Waals surface area contributed by atoms with E-state index in [2.05, 4.69) is 16.0 Å². The van der Waals surface area contributed by atoms with E-state index in [1.807, 2.05) is 30.5 Å². The van der Waals surface area contributed by atoms with Crippen molar-refractivity contribution < 1.29 is 20.4 Å². The second-order valence-electron chi connectivity index (χ2n) is 4.35. The molecule has 0 aliphatic carbocycles. The number of rotatable bonds is 5. The average molecular weight is 261 g/mol. The standard InChI is InChI=1S/C13H15N3O3/c14-10(13(19)16-7-12(17)18)5-8-6-15-11-4-2-1-3-9(8)11/h1-4,6,10,15H,5,7,14H2,(H,16,19)(H,17,18)/t10-/m1/s1. The maximum absolute atomic E-state index is 11.6. The SMILES string of the molecule is [NH3+][C@H](Cc1c[nH]c2ccccc12)C(=O)NCC(=O)[O-]. The van der Waals surface area contributed by atoms with Crippen LogP contribution < -0.4 is 16.2 Å². The zero-order valence-corrected chi connectivity index (χ0v) is 10.3. The Labute approximate surface area is 109 Å². The molecule has 2 aromatic rings. The third-order valence-corrected chi connectivity index (χ3v) is 2.92. The molecule has 0 aliphatic heterocycles. The van der Waals surface area contributed by atoms with Gasteiger partial charge in [-0.25, -0.2) is 0 Å².